The second-order valence-corrected chi connectivity index (χ2v) is 5.26. The summed E-state index contributed by atoms with van der Waals surface area (Å²) in [6, 6.07) is 10.3. The van der Waals surface area contributed by atoms with Crippen molar-refractivity contribution in [1.29, 1.82) is 5.41 Å². The molecular formula is C19H25Cl2NO. The average Bonchev–Trinajstić information content (AvgIpc) is 2.54. The Labute approximate surface area is 149 Å². The van der Waals surface area contributed by atoms with Crippen molar-refractivity contribution in [2.75, 3.05) is 0 Å². The van der Waals surface area contributed by atoms with Gasteiger partial charge in [0.15, 0.2) is 0 Å². The zero-order valence-electron chi connectivity index (χ0n) is 14.4. The molecule has 0 amide bonds. The van der Waals surface area contributed by atoms with E-state index in [1.165, 1.54) is 6.07 Å². The second kappa shape index (κ2) is 11.1. The molecule has 0 spiro atoms. The van der Waals surface area contributed by atoms with E-state index in [2.05, 4.69) is 0 Å². The lowest BCUT2D eigenvalue weighted by Gasteiger charge is -2.09. The Bertz CT molecular complexity index is 639. The van der Waals surface area contributed by atoms with Crippen LogP contribution in [-0.4, -0.2) is 10.8 Å². The minimum atomic E-state index is 0.0252. The van der Waals surface area contributed by atoms with E-state index in [1.807, 2.05) is 52.8 Å². The molecule has 4 heteroatoms. The van der Waals surface area contributed by atoms with Crippen LogP contribution in [0.25, 0.3) is 0 Å². The lowest BCUT2D eigenvalue weighted by molar-refractivity contribution is 0.474. The lowest BCUT2D eigenvalue weighted by atomic mass is 9.98. The largest absolute Gasteiger partial charge is 0.507 e. The van der Waals surface area contributed by atoms with E-state index in [-0.39, 0.29) is 5.75 Å². The summed E-state index contributed by atoms with van der Waals surface area (Å²) in [6.45, 7) is 9.97. The molecule has 2 nitrogen and oxygen atoms in total. The van der Waals surface area contributed by atoms with Crippen LogP contribution >= 0.6 is 23.2 Å². The molecule has 0 aliphatic rings. The first-order valence-corrected chi connectivity index (χ1v) is 8.54. The van der Waals surface area contributed by atoms with Gasteiger partial charge in [-0.2, -0.15) is 0 Å². The third kappa shape index (κ3) is 6.64. The maximum atomic E-state index is 9.81. The molecule has 2 aromatic rings. The SMILES string of the molecule is CC.CC.Cc1ccc(Cl)cc1CC(=N)c1ccc(Cl)cc1O. The van der Waals surface area contributed by atoms with Crippen LogP contribution in [0.15, 0.2) is 36.4 Å². The van der Waals surface area contributed by atoms with Crippen molar-refractivity contribution in [2.24, 2.45) is 0 Å². The van der Waals surface area contributed by atoms with Gasteiger partial charge in [-0.15, -0.1) is 0 Å². The maximum Gasteiger partial charge on any atom is 0.126 e. The molecule has 2 aromatic carbocycles. The Morgan fingerprint density at radius 1 is 0.957 bits per heavy atom. The molecule has 2 N–H and O–H groups in total. The van der Waals surface area contributed by atoms with Gasteiger partial charge in [-0.25, -0.2) is 0 Å². The molecule has 0 fully saturated rings. The Hall–Kier alpha value is -1.51. The van der Waals surface area contributed by atoms with Crippen molar-refractivity contribution in [3.63, 3.8) is 0 Å². The fraction of sp³-hybridized carbons (Fsp3) is 0.316. The van der Waals surface area contributed by atoms with Gasteiger partial charge in [0, 0.05) is 27.7 Å². The summed E-state index contributed by atoms with van der Waals surface area (Å²) in [5, 5.41) is 19.0. The molecule has 0 aliphatic heterocycles. The van der Waals surface area contributed by atoms with E-state index in [0.717, 1.165) is 11.1 Å². The average molecular weight is 354 g/mol. The fourth-order valence-electron chi connectivity index (χ4n) is 1.88. The summed E-state index contributed by atoms with van der Waals surface area (Å²) in [6.07, 6.45) is 0.418. The smallest absolute Gasteiger partial charge is 0.126 e. The lowest BCUT2D eigenvalue weighted by Crippen LogP contribution is -2.05. The maximum absolute atomic E-state index is 9.81. The predicted octanol–water partition coefficient (Wildman–Crippen LogP) is 6.67. The fourth-order valence-corrected chi connectivity index (χ4v) is 2.24. The minimum Gasteiger partial charge on any atom is -0.507 e. The van der Waals surface area contributed by atoms with Gasteiger partial charge in [0.1, 0.15) is 5.75 Å². The van der Waals surface area contributed by atoms with E-state index in [0.29, 0.717) is 27.7 Å². The topological polar surface area (TPSA) is 44.1 Å². The summed E-state index contributed by atoms with van der Waals surface area (Å²) in [5.74, 6) is 0.0252. The molecule has 0 heterocycles. The zero-order chi connectivity index (χ0) is 18.0. The van der Waals surface area contributed by atoms with Crippen LogP contribution < -0.4 is 0 Å². The quantitative estimate of drug-likeness (QED) is 0.594. The van der Waals surface area contributed by atoms with Crippen molar-refractivity contribution >= 4 is 28.9 Å². The van der Waals surface area contributed by atoms with Crippen LogP contribution in [0.4, 0.5) is 0 Å². The molecule has 126 valence electrons. The van der Waals surface area contributed by atoms with Crippen molar-refractivity contribution in [2.45, 2.75) is 41.0 Å². The molecule has 0 bridgehead atoms. The molecule has 0 saturated heterocycles. The number of halogens is 2. The Morgan fingerprint density at radius 2 is 1.48 bits per heavy atom. The third-order valence-electron chi connectivity index (χ3n) is 2.96. The molecular weight excluding hydrogens is 329 g/mol. The van der Waals surface area contributed by atoms with Crippen molar-refractivity contribution in [3.05, 3.63) is 63.1 Å². The Morgan fingerprint density at radius 3 is 2.04 bits per heavy atom. The first kappa shape index (κ1) is 21.5. The molecule has 0 unspecified atom stereocenters. The Kier molecular flexibility index (Phi) is 10.4. The minimum absolute atomic E-state index is 0.0252. The summed E-state index contributed by atoms with van der Waals surface area (Å²) in [7, 11) is 0. The van der Waals surface area contributed by atoms with Crippen LogP contribution in [0.3, 0.4) is 0 Å². The highest BCUT2D eigenvalue weighted by atomic mass is 35.5. The summed E-state index contributed by atoms with van der Waals surface area (Å²) < 4.78 is 0. The first-order chi connectivity index (χ1) is 11.0. The highest BCUT2D eigenvalue weighted by molar-refractivity contribution is 6.31. The number of rotatable bonds is 3. The van der Waals surface area contributed by atoms with Crippen molar-refractivity contribution in [1.82, 2.24) is 0 Å². The second-order valence-electron chi connectivity index (χ2n) is 4.39. The van der Waals surface area contributed by atoms with Crippen molar-refractivity contribution < 1.29 is 5.11 Å². The van der Waals surface area contributed by atoms with Gasteiger partial charge < -0.3 is 10.5 Å². The van der Waals surface area contributed by atoms with Crippen LogP contribution in [0.5, 0.6) is 5.75 Å². The molecule has 0 aromatic heterocycles. The monoisotopic (exact) mass is 353 g/mol. The Balaban J connectivity index is 0.00000112. The van der Waals surface area contributed by atoms with E-state index in [1.54, 1.807) is 12.1 Å². The van der Waals surface area contributed by atoms with Gasteiger partial charge in [0.2, 0.25) is 0 Å². The highest BCUT2D eigenvalue weighted by Gasteiger charge is 2.10. The normalized spacial score (nSPS) is 9.17. The van der Waals surface area contributed by atoms with Gasteiger partial charge in [0.05, 0.1) is 0 Å². The standard InChI is InChI=1S/C15H13Cl2NO.2C2H6/c1-9-2-3-11(16)6-10(9)7-14(18)13-5-4-12(17)8-15(13)19;2*1-2/h2-6,8,18-19H,7H2,1H3;2*1-2H3. The van der Waals surface area contributed by atoms with Crippen molar-refractivity contribution in [3.8, 4) is 5.75 Å². The number of benzene rings is 2. The molecule has 0 aliphatic carbocycles. The number of hydrogen-bond acceptors (Lipinski definition) is 2. The van der Waals surface area contributed by atoms with Gasteiger partial charge in [-0.1, -0.05) is 57.0 Å². The molecule has 0 atom stereocenters. The van der Waals surface area contributed by atoms with Gasteiger partial charge in [-0.05, 0) is 48.4 Å². The summed E-state index contributed by atoms with van der Waals surface area (Å²) in [4.78, 5) is 0. The molecule has 2 rings (SSSR count). The van der Waals surface area contributed by atoms with Gasteiger partial charge in [-0.3, -0.25) is 0 Å². The molecule has 23 heavy (non-hydrogen) atoms. The van der Waals surface area contributed by atoms with E-state index < -0.39 is 0 Å². The highest BCUT2D eigenvalue weighted by Crippen LogP contribution is 2.24. The van der Waals surface area contributed by atoms with Crippen LogP contribution in [0.1, 0.15) is 44.4 Å². The van der Waals surface area contributed by atoms with E-state index >= 15 is 0 Å². The van der Waals surface area contributed by atoms with Crippen LogP contribution in [-0.2, 0) is 6.42 Å². The first-order valence-electron chi connectivity index (χ1n) is 7.78. The van der Waals surface area contributed by atoms with E-state index in [4.69, 9.17) is 28.6 Å². The van der Waals surface area contributed by atoms with Crippen LogP contribution in [0.2, 0.25) is 10.0 Å². The zero-order valence-corrected chi connectivity index (χ0v) is 15.9. The summed E-state index contributed by atoms with van der Waals surface area (Å²) >= 11 is 11.7. The van der Waals surface area contributed by atoms with Crippen LogP contribution in [0, 0.1) is 12.3 Å². The van der Waals surface area contributed by atoms with Gasteiger partial charge in [0.25, 0.3) is 0 Å². The number of aryl methyl sites for hydroxylation is 1. The number of phenolic OH excluding ortho intramolecular Hbond substituents is 1. The number of aromatic hydroxyl groups is 1. The number of nitrogens with one attached hydrogen (secondary N) is 1. The molecule has 0 radical (unpaired) electrons. The predicted molar refractivity (Wildman–Crippen MR) is 103 cm³/mol. The summed E-state index contributed by atoms with van der Waals surface area (Å²) in [5.41, 5.74) is 2.87. The van der Waals surface area contributed by atoms with Gasteiger partial charge >= 0.3 is 0 Å². The third-order valence-corrected chi connectivity index (χ3v) is 3.43. The molecule has 0 saturated carbocycles. The number of phenols is 1. The van der Waals surface area contributed by atoms with E-state index in [9.17, 15) is 5.11 Å². The number of hydrogen-bond donors (Lipinski definition) is 2.